The maximum Gasteiger partial charge on any atom is 0.171 e. The van der Waals surface area contributed by atoms with Crippen LogP contribution in [0.5, 0.6) is 0 Å². The van der Waals surface area contributed by atoms with Gasteiger partial charge in [-0.3, -0.25) is 0 Å². The van der Waals surface area contributed by atoms with Gasteiger partial charge in [0.25, 0.3) is 0 Å². The lowest BCUT2D eigenvalue weighted by Crippen LogP contribution is -2.45. The molecule has 0 unspecified atom stereocenters. The summed E-state index contributed by atoms with van der Waals surface area (Å²) in [6, 6.07) is 6.30. The minimum atomic E-state index is 0.471. The fourth-order valence-electron chi connectivity index (χ4n) is 2.86. The lowest BCUT2D eigenvalue weighted by molar-refractivity contribution is 0.225. The normalized spacial score (nSPS) is 26.1. The Morgan fingerprint density at radius 3 is 2.80 bits per heavy atom. The second-order valence-corrected chi connectivity index (χ2v) is 6.70. The average molecular weight is 311 g/mol. The van der Waals surface area contributed by atoms with E-state index in [4.69, 9.17) is 23.8 Å². The monoisotopic (exact) mass is 310 g/mol. The molecule has 0 amide bonds. The van der Waals surface area contributed by atoms with Gasteiger partial charge in [0.15, 0.2) is 5.11 Å². The molecule has 1 aliphatic rings. The predicted molar refractivity (Wildman–Crippen MR) is 91.5 cm³/mol. The number of rotatable bonds is 2. The fraction of sp³-hybridized carbons (Fsp3) is 0.562. The molecule has 2 N–H and O–H groups in total. The van der Waals surface area contributed by atoms with Crippen molar-refractivity contribution in [2.75, 3.05) is 5.32 Å². The molecule has 1 fully saturated rings. The maximum atomic E-state index is 6.13. The largest absolute Gasteiger partial charge is 0.359 e. The zero-order valence-electron chi connectivity index (χ0n) is 12.4. The summed E-state index contributed by atoms with van der Waals surface area (Å²) in [6.45, 7) is 6.64. The molecule has 1 aromatic rings. The van der Waals surface area contributed by atoms with Crippen molar-refractivity contribution in [3.05, 3.63) is 28.8 Å². The van der Waals surface area contributed by atoms with Crippen molar-refractivity contribution in [2.24, 2.45) is 11.8 Å². The zero-order valence-corrected chi connectivity index (χ0v) is 13.9. The maximum absolute atomic E-state index is 6.13. The highest BCUT2D eigenvalue weighted by molar-refractivity contribution is 7.80. The summed E-state index contributed by atoms with van der Waals surface area (Å²) >= 11 is 11.6. The summed E-state index contributed by atoms with van der Waals surface area (Å²) in [5.41, 5.74) is 2.01. The van der Waals surface area contributed by atoms with Crippen LogP contribution in [0.3, 0.4) is 0 Å². The van der Waals surface area contributed by atoms with Gasteiger partial charge in [0, 0.05) is 16.8 Å². The molecule has 1 aliphatic carbocycles. The van der Waals surface area contributed by atoms with Crippen LogP contribution >= 0.6 is 23.8 Å². The first-order chi connectivity index (χ1) is 9.49. The molecule has 20 heavy (non-hydrogen) atoms. The van der Waals surface area contributed by atoms with Gasteiger partial charge in [0.05, 0.1) is 0 Å². The van der Waals surface area contributed by atoms with Crippen molar-refractivity contribution in [2.45, 2.75) is 46.1 Å². The smallest absolute Gasteiger partial charge is 0.171 e. The summed E-state index contributed by atoms with van der Waals surface area (Å²) in [6.07, 6.45) is 3.80. The van der Waals surface area contributed by atoms with Crippen molar-refractivity contribution in [1.29, 1.82) is 0 Å². The van der Waals surface area contributed by atoms with Crippen LogP contribution in [0.25, 0.3) is 0 Å². The Morgan fingerprint density at radius 1 is 1.30 bits per heavy atom. The standard InChI is InChI=1S/C16H23ClN2S/c1-10-6-4-8-14(11(10)2)18-16(20)19-15-9-5-7-13(17)12(15)3/h5,7,9-11,14H,4,6,8H2,1-3H3,(H2,18,19,20)/t10-,11-,14-/m0/s1. The predicted octanol–water partition coefficient (Wildman–Crippen LogP) is 4.76. The van der Waals surface area contributed by atoms with Gasteiger partial charge >= 0.3 is 0 Å². The molecule has 2 rings (SSSR count). The molecule has 0 bridgehead atoms. The quantitative estimate of drug-likeness (QED) is 0.770. The van der Waals surface area contributed by atoms with E-state index in [0.717, 1.165) is 22.2 Å². The van der Waals surface area contributed by atoms with Crippen LogP contribution in [0.1, 0.15) is 38.7 Å². The summed E-state index contributed by atoms with van der Waals surface area (Å²) in [5.74, 6) is 1.42. The van der Waals surface area contributed by atoms with Gasteiger partial charge in [-0.15, -0.1) is 0 Å². The van der Waals surface area contributed by atoms with Gasteiger partial charge < -0.3 is 10.6 Å². The van der Waals surface area contributed by atoms with Crippen molar-refractivity contribution in [3.8, 4) is 0 Å². The lowest BCUT2D eigenvalue weighted by atomic mass is 9.78. The van der Waals surface area contributed by atoms with Crippen molar-refractivity contribution < 1.29 is 0 Å². The van der Waals surface area contributed by atoms with E-state index < -0.39 is 0 Å². The molecule has 1 saturated carbocycles. The molecule has 0 saturated heterocycles. The molecule has 0 spiro atoms. The van der Waals surface area contributed by atoms with Crippen molar-refractivity contribution in [1.82, 2.24) is 5.32 Å². The third-order valence-electron chi connectivity index (χ3n) is 4.54. The third kappa shape index (κ3) is 3.64. The minimum Gasteiger partial charge on any atom is -0.359 e. The Bertz CT molecular complexity index is 489. The van der Waals surface area contributed by atoms with E-state index in [1.807, 2.05) is 25.1 Å². The summed E-state index contributed by atoms with van der Waals surface area (Å²) in [4.78, 5) is 0. The Morgan fingerprint density at radius 2 is 2.05 bits per heavy atom. The summed E-state index contributed by atoms with van der Waals surface area (Å²) in [5, 5.41) is 8.20. The second-order valence-electron chi connectivity index (χ2n) is 5.88. The first-order valence-corrected chi connectivity index (χ1v) is 8.10. The van der Waals surface area contributed by atoms with E-state index >= 15 is 0 Å². The molecule has 1 aromatic carbocycles. The van der Waals surface area contributed by atoms with E-state index in [-0.39, 0.29) is 0 Å². The van der Waals surface area contributed by atoms with Gasteiger partial charge in [-0.2, -0.15) is 0 Å². The SMILES string of the molecule is Cc1c(Cl)cccc1NC(=S)N[C@H]1CCC[C@H](C)[C@@H]1C. The molecule has 0 aromatic heterocycles. The van der Waals surface area contributed by atoms with E-state index in [9.17, 15) is 0 Å². The second kappa shape index (κ2) is 6.77. The van der Waals surface area contributed by atoms with Crippen LogP contribution < -0.4 is 10.6 Å². The zero-order chi connectivity index (χ0) is 14.7. The number of anilines is 1. The van der Waals surface area contributed by atoms with E-state index in [0.29, 0.717) is 17.1 Å². The van der Waals surface area contributed by atoms with Crippen molar-refractivity contribution >= 4 is 34.6 Å². The van der Waals surface area contributed by atoms with Crippen LogP contribution in [0.2, 0.25) is 5.02 Å². The molecule has 4 heteroatoms. The Hall–Kier alpha value is -0.800. The number of thiocarbonyl (C=S) groups is 1. The van der Waals surface area contributed by atoms with Crippen LogP contribution in [-0.4, -0.2) is 11.2 Å². The number of hydrogen-bond donors (Lipinski definition) is 2. The molecule has 0 aliphatic heterocycles. The van der Waals surface area contributed by atoms with Gasteiger partial charge in [-0.05, 0) is 55.1 Å². The van der Waals surface area contributed by atoms with Gasteiger partial charge in [-0.25, -0.2) is 0 Å². The Kier molecular flexibility index (Phi) is 5.28. The molecular weight excluding hydrogens is 288 g/mol. The fourth-order valence-corrected chi connectivity index (χ4v) is 3.29. The van der Waals surface area contributed by atoms with Crippen LogP contribution in [0.4, 0.5) is 5.69 Å². The molecule has 2 nitrogen and oxygen atoms in total. The average Bonchev–Trinajstić information content (AvgIpc) is 2.40. The highest BCUT2D eigenvalue weighted by atomic mass is 35.5. The molecule has 0 heterocycles. The topological polar surface area (TPSA) is 24.1 Å². The van der Waals surface area contributed by atoms with Gasteiger partial charge in [0.2, 0.25) is 0 Å². The summed E-state index contributed by atoms with van der Waals surface area (Å²) < 4.78 is 0. The summed E-state index contributed by atoms with van der Waals surface area (Å²) in [7, 11) is 0. The van der Waals surface area contributed by atoms with Crippen LogP contribution in [0, 0.1) is 18.8 Å². The highest BCUT2D eigenvalue weighted by Crippen LogP contribution is 2.29. The molecule has 110 valence electrons. The molecule has 0 radical (unpaired) electrons. The molecular formula is C16H23ClN2S. The first kappa shape index (κ1) is 15.6. The number of hydrogen-bond acceptors (Lipinski definition) is 1. The number of benzene rings is 1. The van der Waals surface area contributed by atoms with Gasteiger partial charge in [-0.1, -0.05) is 44.4 Å². The van der Waals surface area contributed by atoms with Crippen LogP contribution in [0.15, 0.2) is 18.2 Å². The number of halogens is 1. The first-order valence-electron chi connectivity index (χ1n) is 7.31. The van der Waals surface area contributed by atoms with Crippen LogP contribution in [-0.2, 0) is 0 Å². The highest BCUT2D eigenvalue weighted by Gasteiger charge is 2.27. The van der Waals surface area contributed by atoms with E-state index in [2.05, 4.69) is 24.5 Å². The van der Waals surface area contributed by atoms with E-state index in [1.165, 1.54) is 19.3 Å². The Labute approximate surface area is 132 Å². The minimum absolute atomic E-state index is 0.471. The lowest BCUT2D eigenvalue weighted by Gasteiger charge is -2.35. The number of nitrogens with one attached hydrogen (secondary N) is 2. The van der Waals surface area contributed by atoms with Gasteiger partial charge in [0.1, 0.15) is 0 Å². The Balaban J connectivity index is 1.97. The third-order valence-corrected chi connectivity index (χ3v) is 5.17. The van der Waals surface area contributed by atoms with Crippen molar-refractivity contribution in [3.63, 3.8) is 0 Å². The molecule has 3 atom stereocenters. The van der Waals surface area contributed by atoms with E-state index in [1.54, 1.807) is 0 Å².